The van der Waals surface area contributed by atoms with Crippen LogP contribution in [0.4, 0.5) is 0 Å². The van der Waals surface area contributed by atoms with Crippen LogP contribution >= 0.6 is 0 Å². The van der Waals surface area contributed by atoms with Gasteiger partial charge in [-0.05, 0) is 12.1 Å². The summed E-state index contributed by atoms with van der Waals surface area (Å²) >= 11 is 0. The SMILES string of the molecule is Cn1cnn(Cc2cnn(-c3ccccc3)c2)c1=O. The van der Waals surface area contributed by atoms with Crippen LogP contribution in [0.15, 0.2) is 53.8 Å². The fraction of sp³-hybridized carbons (Fsp3) is 0.154. The molecule has 0 aliphatic heterocycles. The molecule has 0 bridgehead atoms. The van der Waals surface area contributed by atoms with Crippen LogP contribution in [0.1, 0.15) is 5.56 Å². The highest BCUT2D eigenvalue weighted by Crippen LogP contribution is 2.07. The lowest BCUT2D eigenvalue weighted by Gasteiger charge is -1.99. The molecule has 0 radical (unpaired) electrons. The van der Waals surface area contributed by atoms with E-state index in [0.29, 0.717) is 6.54 Å². The van der Waals surface area contributed by atoms with E-state index in [1.165, 1.54) is 15.6 Å². The highest BCUT2D eigenvalue weighted by atomic mass is 16.2. The molecule has 6 heteroatoms. The first kappa shape index (κ1) is 11.5. The fourth-order valence-corrected chi connectivity index (χ4v) is 1.87. The molecule has 0 atom stereocenters. The molecule has 2 heterocycles. The highest BCUT2D eigenvalue weighted by molar-refractivity contribution is 5.30. The molecular weight excluding hydrogens is 242 g/mol. The highest BCUT2D eigenvalue weighted by Gasteiger charge is 2.05. The van der Waals surface area contributed by atoms with Gasteiger partial charge in [-0.1, -0.05) is 18.2 Å². The van der Waals surface area contributed by atoms with Crippen molar-refractivity contribution in [2.75, 3.05) is 0 Å². The minimum atomic E-state index is -0.132. The Balaban J connectivity index is 1.86. The molecule has 3 rings (SSSR count). The van der Waals surface area contributed by atoms with Crippen LogP contribution < -0.4 is 5.69 Å². The molecule has 0 spiro atoms. The summed E-state index contributed by atoms with van der Waals surface area (Å²) in [5.41, 5.74) is 1.79. The molecule has 0 aliphatic rings. The van der Waals surface area contributed by atoms with Crippen LogP contribution in [0.5, 0.6) is 0 Å². The molecule has 0 amide bonds. The first-order chi connectivity index (χ1) is 9.24. The Kier molecular flexibility index (Phi) is 2.75. The second-order valence-electron chi connectivity index (χ2n) is 4.31. The Bertz CT molecular complexity index is 738. The lowest BCUT2D eigenvalue weighted by atomic mass is 10.3. The summed E-state index contributed by atoms with van der Waals surface area (Å²) in [6.45, 7) is 0.423. The Morgan fingerprint density at radius 2 is 1.95 bits per heavy atom. The van der Waals surface area contributed by atoms with E-state index in [1.807, 2.05) is 36.5 Å². The number of aryl methyl sites for hydroxylation is 1. The third-order valence-corrected chi connectivity index (χ3v) is 2.88. The molecule has 2 aromatic heterocycles. The maximum absolute atomic E-state index is 11.7. The smallest absolute Gasteiger partial charge is 0.285 e. The second-order valence-corrected chi connectivity index (χ2v) is 4.31. The number of benzene rings is 1. The number of hydrogen-bond donors (Lipinski definition) is 0. The minimum absolute atomic E-state index is 0.132. The molecule has 0 aliphatic carbocycles. The van der Waals surface area contributed by atoms with Gasteiger partial charge in [0.25, 0.3) is 0 Å². The van der Waals surface area contributed by atoms with Crippen molar-refractivity contribution in [1.82, 2.24) is 24.1 Å². The van der Waals surface area contributed by atoms with Crippen molar-refractivity contribution in [1.29, 1.82) is 0 Å². The van der Waals surface area contributed by atoms with E-state index < -0.39 is 0 Å². The van der Waals surface area contributed by atoms with E-state index in [2.05, 4.69) is 10.2 Å². The Hall–Kier alpha value is -2.63. The molecule has 0 fully saturated rings. The minimum Gasteiger partial charge on any atom is -0.285 e. The molecule has 0 saturated carbocycles. The molecule has 0 unspecified atom stereocenters. The molecule has 96 valence electrons. The van der Waals surface area contributed by atoms with Crippen LogP contribution in [0.3, 0.4) is 0 Å². The summed E-state index contributed by atoms with van der Waals surface area (Å²) in [5, 5.41) is 8.31. The van der Waals surface area contributed by atoms with Gasteiger partial charge >= 0.3 is 5.69 Å². The summed E-state index contributed by atoms with van der Waals surface area (Å²) in [4.78, 5) is 11.7. The van der Waals surface area contributed by atoms with Gasteiger partial charge in [0.1, 0.15) is 6.33 Å². The lowest BCUT2D eigenvalue weighted by molar-refractivity contribution is 0.646. The normalized spacial score (nSPS) is 10.8. The number of para-hydroxylation sites is 1. The fourth-order valence-electron chi connectivity index (χ4n) is 1.87. The standard InChI is InChI=1S/C13H13N5O/c1-16-10-15-18(13(16)19)9-11-7-14-17(8-11)12-5-3-2-4-6-12/h2-8,10H,9H2,1H3. The van der Waals surface area contributed by atoms with Crippen LogP contribution in [0, 0.1) is 0 Å². The summed E-state index contributed by atoms with van der Waals surface area (Å²) < 4.78 is 4.64. The Morgan fingerprint density at radius 1 is 1.16 bits per heavy atom. The van der Waals surface area contributed by atoms with Crippen molar-refractivity contribution in [3.05, 3.63) is 65.1 Å². The van der Waals surface area contributed by atoms with Crippen LogP contribution in [0.25, 0.3) is 5.69 Å². The van der Waals surface area contributed by atoms with Gasteiger partial charge in [-0.3, -0.25) is 4.57 Å². The van der Waals surface area contributed by atoms with E-state index in [1.54, 1.807) is 17.9 Å². The van der Waals surface area contributed by atoms with Gasteiger partial charge < -0.3 is 0 Å². The van der Waals surface area contributed by atoms with Crippen LogP contribution in [0.2, 0.25) is 0 Å². The van der Waals surface area contributed by atoms with Gasteiger partial charge in [-0.25, -0.2) is 14.2 Å². The van der Waals surface area contributed by atoms with Crippen LogP contribution in [-0.4, -0.2) is 24.1 Å². The Labute approximate surface area is 109 Å². The largest absolute Gasteiger partial charge is 0.345 e. The van der Waals surface area contributed by atoms with Crippen molar-refractivity contribution in [2.24, 2.45) is 7.05 Å². The van der Waals surface area contributed by atoms with E-state index in [9.17, 15) is 4.79 Å². The van der Waals surface area contributed by atoms with Crippen molar-refractivity contribution in [2.45, 2.75) is 6.54 Å². The topological polar surface area (TPSA) is 57.6 Å². The van der Waals surface area contributed by atoms with Gasteiger partial charge in [0.15, 0.2) is 0 Å². The van der Waals surface area contributed by atoms with Gasteiger partial charge in [0, 0.05) is 18.8 Å². The van der Waals surface area contributed by atoms with Gasteiger partial charge in [0.2, 0.25) is 0 Å². The van der Waals surface area contributed by atoms with Crippen molar-refractivity contribution >= 4 is 0 Å². The molecule has 19 heavy (non-hydrogen) atoms. The number of aromatic nitrogens is 5. The van der Waals surface area contributed by atoms with Crippen molar-refractivity contribution in [3.8, 4) is 5.69 Å². The molecule has 6 nitrogen and oxygen atoms in total. The van der Waals surface area contributed by atoms with E-state index in [0.717, 1.165) is 11.3 Å². The van der Waals surface area contributed by atoms with Crippen LogP contribution in [-0.2, 0) is 13.6 Å². The first-order valence-corrected chi connectivity index (χ1v) is 5.91. The van der Waals surface area contributed by atoms with E-state index in [-0.39, 0.29) is 5.69 Å². The average Bonchev–Trinajstić information content (AvgIpc) is 3.02. The lowest BCUT2D eigenvalue weighted by Crippen LogP contribution is -2.23. The molecule has 0 N–H and O–H groups in total. The summed E-state index contributed by atoms with van der Waals surface area (Å²) in [7, 11) is 1.68. The number of nitrogens with zero attached hydrogens (tertiary/aromatic N) is 5. The predicted octanol–water partition coefficient (Wildman–Crippen LogP) is 0.816. The second kappa shape index (κ2) is 4.56. The zero-order valence-corrected chi connectivity index (χ0v) is 10.5. The van der Waals surface area contributed by atoms with Gasteiger partial charge in [-0.15, -0.1) is 0 Å². The van der Waals surface area contributed by atoms with Gasteiger partial charge in [-0.2, -0.15) is 10.2 Å². The molecular formula is C13H13N5O. The molecule has 0 saturated heterocycles. The van der Waals surface area contributed by atoms with E-state index >= 15 is 0 Å². The van der Waals surface area contributed by atoms with E-state index in [4.69, 9.17) is 0 Å². The quantitative estimate of drug-likeness (QED) is 0.696. The monoisotopic (exact) mass is 255 g/mol. The summed E-state index contributed by atoms with van der Waals surface area (Å²) in [6, 6.07) is 9.83. The zero-order chi connectivity index (χ0) is 13.2. The maximum atomic E-state index is 11.7. The third-order valence-electron chi connectivity index (χ3n) is 2.88. The zero-order valence-electron chi connectivity index (χ0n) is 10.5. The predicted molar refractivity (Wildman–Crippen MR) is 70.1 cm³/mol. The maximum Gasteiger partial charge on any atom is 0.345 e. The molecule has 1 aromatic carbocycles. The summed E-state index contributed by atoms with van der Waals surface area (Å²) in [6.07, 6.45) is 5.15. The van der Waals surface area contributed by atoms with Crippen molar-refractivity contribution in [3.63, 3.8) is 0 Å². The average molecular weight is 255 g/mol. The van der Waals surface area contributed by atoms with Crippen molar-refractivity contribution < 1.29 is 0 Å². The third kappa shape index (κ3) is 2.20. The molecule has 3 aromatic rings. The summed E-state index contributed by atoms with van der Waals surface area (Å²) in [5.74, 6) is 0. The first-order valence-electron chi connectivity index (χ1n) is 5.91. The number of hydrogen-bond acceptors (Lipinski definition) is 3. The van der Waals surface area contributed by atoms with Gasteiger partial charge in [0.05, 0.1) is 18.4 Å². The Morgan fingerprint density at radius 3 is 2.63 bits per heavy atom. The number of rotatable bonds is 3.